The van der Waals surface area contributed by atoms with Crippen molar-refractivity contribution in [1.29, 1.82) is 0 Å². The van der Waals surface area contributed by atoms with Crippen molar-refractivity contribution in [3.8, 4) is 0 Å². The molecule has 4 rings (SSSR count). The van der Waals surface area contributed by atoms with Crippen LogP contribution in [0.2, 0.25) is 0 Å². The second kappa shape index (κ2) is 7.52. The number of rotatable bonds is 5. The van der Waals surface area contributed by atoms with Crippen molar-refractivity contribution in [1.82, 2.24) is 4.90 Å². The molecule has 2 aliphatic rings. The summed E-state index contributed by atoms with van der Waals surface area (Å²) in [5, 5.41) is 3.53. The van der Waals surface area contributed by atoms with Crippen LogP contribution in [0.5, 0.6) is 0 Å². The van der Waals surface area contributed by atoms with Crippen molar-refractivity contribution in [3.63, 3.8) is 0 Å². The van der Waals surface area contributed by atoms with Crippen LogP contribution in [0.4, 0.5) is 5.69 Å². The van der Waals surface area contributed by atoms with Gasteiger partial charge >= 0.3 is 0 Å². The van der Waals surface area contributed by atoms with Crippen molar-refractivity contribution < 1.29 is 4.79 Å². The third kappa shape index (κ3) is 4.01. The Morgan fingerprint density at radius 2 is 1.96 bits per heavy atom. The molecule has 0 bridgehead atoms. The Morgan fingerprint density at radius 1 is 1.12 bits per heavy atom. The number of hydrogen-bond acceptors (Lipinski definition) is 3. The topological polar surface area (TPSA) is 32.3 Å². The summed E-state index contributed by atoms with van der Waals surface area (Å²) in [6.07, 6.45) is 4.69. The van der Waals surface area contributed by atoms with Gasteiger partial charge in [-0.1, -0.05) is 24.3 Å². The van der Waals surface area contributed by atoms with Crippen LogP contribution >= 0.6 is 11.8 Å². The van der Waals surface area contributed by atoms with Crippen molar-refractivity contribution in [2.24, 2.45) is 0 Å². The number of carbonyl (C=O) groups excluding carboxylic acids is 1. The number of nitrogens with zero attached hydrogens (tertiary/aromatic N) is 1. The van der Waals surface area contributed by atoms with E-state index in [9.17, 15) is 4.79 Å². The Kier molecular flexibility index (Phi) is 4.97. The molecule has 1 aliphatic carbocycles. The number of anilines is 1. The van der Waals surface area contributed by atoms with E-state index in [2.05, 4.69) is 35.6 Å². The lowest BCUT2D eigenvalue weighted by Gasteiger charge is -2.17. The number of fused-ring (bicyclic) bond motifs is 1. The first kappa shape index (κ1) is 16.5. The first-order valence-corrected chi connectivity index (χ1v) is 10.1. The van der Waals surface area contributed by atoms with Crippen LogP contribution in [-0.4, -0.2) is 35.7 Å². The van der Waals surface area contributed by atoms with Crippen LogP contribution in [0.1, 0.15) is 24.0 Å². The van der Waals surface area contributed by atoms with Gasteiger partial charge in [0.15, 0.2) is 0 Å². The highest BCUT2D eigenvalue weighted by atomic mass is 32.2. The summed E-state index contributed by atoms with van der Waals surface area (Å²) < 4.78 is 0. The summed E-state index contributed by atoms with van der Waals surface area (Å²) in [5.74, 6) is 0.791. The van der Waals surface area contributed by atoms with E-state index >= 15 is 0 Å². The number of likely N-dealkylation sites (tertiary alicyclic amines) is 1. The van der Waals surface area contributed by atoms with Gasteiger partial charge in [0.1, 0.15) is 0 Å². The van der Waals surface area contributed by atoms with Gasteiger partial charge in [-0.2, -0.15) is 0 Å². The molecule has 4 heteroatoms. The van der Waals surface area contributed by atoms with Crippen LogP contribution in [0.25, 0.3) is 0 Å². The standard InChI is InChI=1S/C21H24N2OS/c24-21(15-25-20-10-9-16-5-4-6-17(16)13-20)23-12-11-19(14-23)22-18-7-2-1-3-8-18/h1-3,7-10,13,19,22H,4-6,11-12,14-15H2. The summed E-state index contributed by atoms with van der Waals surface area (Å²) in [7, 11) is 0. The maximum absolute atomic E-state index is 12.5. The van der Waals surface area contributed by atoms with Crippen LogP contribution in [0.3, 0.4) is 0 Å². The Bertz CT molecular complexity index is 747. The highest BCUT2D eigenvalue weighted by Crippen LogP contribution is 2.28. The molecule has 0 radical (unpaired) electrons. The molecule has 2 aromatic carbocycles. The first-order valence-electron chi connectivity index (χ1n) is 9.12. The van der Waals surface area contributed by atoms with Gasteiger partial charge in [-0.05, 0) is 61.1 Å². The summed E-state index contributed by atoms with van der Waals surface area (Å²) in [6.45, 7) is 1.66. The molecule has 1 heterocycles. The zero-order valence-corrected chi connectivity index (χ0v) is 15.2. The monoisotopic (exact) mass is 352 g/mol. The zero-order chi connectivity index (χ0) is 17.1. The highest BCUT2D eigenvalue weighted by Gasteiger charge is 2.26. The molecule has 25 heavy (non-hydrogen) atoms. The van der Waals surface area contributed by atoms with Gasteiger partial charge in [0.05, 0.1) is 5.75 Å². The minimum absolute atomic E-state index is 0.253. The molecule has 1 saturated heterocycles. The fourth-order valence-electron chi connectivity index (χ4n) is 3.75. The van der Waals surface area contributed by atoms with Crippen LogP contribution in [0.15, 0.2) is 53.4 Å². The molecule has 2 aromatic rings. The lowest BCUT2D eigenvalue weighted by molar-refractivity contribution is -0.127. The smallest absolute Gasteiger partial charge is 0.233 e. The molecule has 1 N–H and O–H groups in total. The van der Waals surface area contributed by atoms with Gasteiger partial charge in [0.2, 0.25) is 5.91 Å². The van der Waals surface area contributed by atoms with Gasteiger partial charge in [-0.3, -0.25) is 4.79 Å². The van der Waals surface area contributed by atoms with Gasteiger partial charge < -0.3 is 10.2 Å². The third-order valence-corrected chi connectivity index (χ3v) is 6.10. The van der Waals surface area contributed by atoms with Crippen molar-refractivity contribution in [3.05, 3.63) is 59.7 Å². The van der Waals surface area contributed by atoms with Gasteiger partial charge in [0, 0.05) is 29.7 Å². The van der Waals surface area contributed by atoms with E-state index in [1.807, 2.05) is 23.1 Å². The Balaban J connectivity index is 1.27. The van der Waals surface area contributed by atoms with E-state index in [1.165, 1.54) is 35.3 Å². The average Bonchev–Trinajstić information content (AvgIpc) is 3.29. The minimum Gasteiger partial charge on any atom is -0.380 e. The largest absolute Gasteiger partial charge is 0.380 e. The number of aryl methyl sites for hydroxylation is 2. The number of amides is 1. The number of para-hydroxylation sites is 1. The average molecular weight is 353 g/mol. The Morgan fingerprint density at radius 3 is 2.84 bits per heavy atom. The zero-order valence-electron chi connectivity index (χ0n) is 14.4. The molecule has 0 aromatic heterocycles. The number of carbonyl (C=O) groups is 1. The molecule has 1 aliphatic heterocycles. The SMILES string of the molecule is O=C(CSc1ccc2c(c1)CCC2)N1CCC(Nc2ccccc2)C1. The second-order valence-electron chi connectivity index (χ2n) is 6.91. The predicted octanol–water partition coefficient (Wildman–Crippen LogP) is 3.98. The number of hydrogen-bond donors (Lipinski definition) is 1. The second-order valence-corrected chi connectivity index (χ2v) is 7.96. The van der Waals surface area contributed by atoms with Crippen molar-refractivity contribution in [2.45, 2.75) is 36.6 Å². The van der Waals surface area contributed by atoms with E-state index in [0.717, 1.165) is 25.2 Å². The quantitative estimate of drug-likeness (QED) is 0.826. The van der Waals surface area contributed by atoms with Crippen LogP contribution < -0.4 is 5.32 Å². The lowest BCUT2D eigenvalue weighted by Crippen LogP contribution is -2.32. The molecular weight excluding hydrogens is 328 g/mol. The van der Waals surface area contributed by atoms with E-state index in [-0.39, 0.29) is 5.91 Å². The van der Waals surface area contributed by atoms with Gasteiger partial charge in [-0.25, -0.2) is 0 Å². The molecular formula is C21H24N2OS. The maximum Gasteiger partial charge on any atom is 0.233 e. The Labute approximate surface area is 153 Å². The Hall–Kier alpha value is -1.94. The molecule has 1 atom stereocenters. The van der Waals surface area contributed by atoms with E-state index in [4.69, 9.17) is 0 Å². The minimum atomic E-state index is 0.253. The molecule has 1 unspecified atom stereocenters. The first-order chi connectivity index (χ1) is 12.3. The van der Waals surface area contributed by atoms with Crippen LogP contribution in [0, 0.1) is 0 Å². The summed E-state index contributed by atoms with van der Waals surface area (Å²) in [6, 6.07) is 17.3. The van der Waals surface area contributed by atoms with E-state index in [0.29, 0.717) is 11.8 Å². The summed E-state index contributed by atoms with van der Waals surface area (Å²) in [4.78, 5) is 15.8. The normalized spacial score (nSPS) is 19.0. The van der Waals surface area contributed by atoms with Crippen LogP contribution in [-0.2, 0) is 17.6 Å². The molecule has 130 valence electrons. The lowest BCUT2D eigenvalue weighted by atomic mass is 10.1. The maximum atomic E-state index is 12.5. The highest BCUT2D eigenvalue weighted by molar-refractivity contribution is 8.00. The molecule has 1 fully saturated rings. The molecule has 0 saturated carbocycles. The molecule has 3 nitrogen and oxygen atoms in total. The van der Waals surface area contributed by atoms with Gasteiger partial charge in [0.25, 0.3) is 0 Å². The fraction of sp³-hybridized carbons (Fsp3) is 0.381. The van der Waals surface area contributed by atoms with Gasteiger partial charge in [-0.15, -0.1) is 11.8 Å². The predicted molar refractivity (Wildman–Crippen MR) is 104 cm³/mol. The van der Waals surface area contributed by atoms with Crippen molar-refractivity contribution >= 4 is 23.4 Å². The fourth-order valence-corrected chi connectivity index (χ4v) is 4.61. The number of benzene rings is 2. The summed E-state index contributed by atoms with van der Waals surface area (Å²) in [5.41, 5.74) is 4.10. The number of thioether (sulfide) groups is 1. The molecule has 1 amide bonds. The van der Waals surface area contributed by atoms with E-state index < -0.39 is 0 Å². The number of nitrogens with one attached hydrogen (secondary N) is 1. The third-order valence-electron chi connectivity index (χ3n) is 5.12. The van der Waals surface area contributed by atoms with E-state index in [1.54, 1.807) is 11.8 Å². The van der Waals surface area contributed by atoms with Crippen molar-refractivity contribution in [2.75, 3.05) is 24.2 Å². The summed E-state index contributed by atoms with van der Waals surface area (Å²) >= 11 is 1.67. The molecule has 0 spiro atoms.